The summed E-state index contributed by atoms with van der Waals surface area (Å²) < 4.78 is 3.36. The maximum Gasteiger partial charge on any atom is 0.129 e. The van der Waals surface area contributed by atoms with Crippen molar-refractivity contribution in [1.82, 2.24) is 14.5 Å². The Labute approximate surface area is 116 Å². The summed E-state index contributed by atoms with van der Waals surface area (Å²) in [5, 5.41) is 0. The summed E-state index contributed by atoms with van der Waals surface area (Å²) in [6, 6.07) is 10.5. The van der Waals surface area contributed by atoms with Gasteiger partial charge in [-0.1, -0.05) is 30.3 Å². The number of hydrogen-bond donors (Lipinski definition) is 0. The average molecular weight is 306 g/mol. The van der Waals surface area contributed by atoms with E-state index in [4.69, 9.17) is 0 Å². The number of halogens is 1. The van der Waals surface area contributed by atoms with Crippen molar-refractivity contribution in [2.24, 2.45) is 0 Å². The highest BCUT2D eigenvalue weighted by molar-refractivity contribution is 9.10. The van der Waals surface area contributed by atoms with Crippen LogP contribution in [-0.4, -0.2) is 28.0 Å². The highest BCUT2D eigenvalue weighted by Crippen LogP contribution is 2.24. The van der Waals surface area contributed by atoms with E-state index in [1.807, 2.05) is 0 Å². The van der Waals surface area contributed by atoms with E-state index in [0.717, 1.165) is 36.5 Å². The molecule has 0 saturated heterocycles. The molecule has 0 unspecified atom stereocenters. The molecule has 1 aromatic heterocycles. The topological polar surface area (TPSA) is 21.1 Å². The monoisotopic (exact) mass is 305 g/mol. The molecule has 2 aromatic rings. The Kier molecular flexibility index (Phi) is 3.22. The van der Waals surface area contributed by atoms with E-state index in [1.54, 1.807) is 0 Å². The zero-order valence-corrected chi connectivity index (χ0v) is 12.0. The first-order valence-corrected chi connectivity index (χ1v) is 6.99. The van der Waals surface area contributed by atoms with Crippen LogP contribution in [-0.2, 0) is 19.5 Å². The predicted octanol–water partition coefficient (Wildman–Crippen LogP) is 2.68. The maximum atomic E-state index is 4.67. The molecule has 0 aliphatic carbocycles. The van der Waals surface area contributed by atoms with Crippen LogP contribution in [0.15, 0.2) is 34.9 Å². The SMILES string of the molecule is CN1CCn2c(Cc3ccccc3)nc(Br)c2C1. The molecular weight excluding hydrogens is 290 g/mol. The smallest absolute Gasteiger partial charge is 0.129 e. The van der Waals surface area contributed by atoms with Crippen molar-refractivity contribution in [3.63, 3.8) is 0 Å². The van der Waals surface area contributed by atoms with Gasteiger partial charge in [-0.15, -0.1) is 0 Å². The van der Waals surface area contributed by atoms with Gasteiger partial charge in [0.2, 0.25) is 0 Å². The van der Waals surface area contributed by atoms with E-state index < -0.39 is 0 Å². The minimum Gasteiger partial charge on any atom is -0.328 e. The van der Waals surface area contributed by atoms with Gasteiger partial charge in [0, 0.05) is 26.1 Å². The number of benzene rings is 1. The van der Waals surface area contributed by atoms with Crippen molar-refractivity contribution in [2.45, 2.75) is 19.5 Å². The first-order chi connectivity index (χ1) is 8.74. The summed E-state index contributed by atoms with van der Waals surface area (Å²) >= 11 is 3.59. The fourth-order valence-electron chi connectivity index (χ4n) is 2.44. The van der Waals surface area contributed by atoms with Crippen molar-refractivity contribution < 1.29 is 0 Å². The molecular formula is C14H16BrN3. The van der Waals surface area contributed by atoms with Gasteiger partial charge in [0.1, 0.15) is 10.4 Å². The third kappa shape index (κ3) is 2.22. The summed E-state index contributed by atoms with van der Waals surface area (Å²) in [6.45, 7) is 3.10. The average Bonchev–Trinajstić information content (AvgIpc) is 2.67. The fraction of sp³-hybridized carbons (Fsp3) is 0.357. The lowest BCUT2D eigenvalue weighted by Gasteiger charge is -2.25. The van der Waals surface area contributed by atoms with E-state index in [9.17, 15) is 0 Å². The highest BCUT2D eigenvalue weighted by Gasteiger charge is 2.20. The highest BCUT2D eigenvalue weighted by atomic mass is 79.9. The van der Waals surface area contributed by atoms with E-state index in [1.165, 1.54) is 11.3 Å². The first-order valence-electron chi connectivity index (χ1n) is 6.20. The molecule has 0 saturated carbocycles. The summed E-state index contributed by atoms with van der Waals surface area (Å²) in [7, 11) is 2.15. The van der Waals surface area contributed by atoms with Crippen molar-refractivity contribution in [2.75, 3.05) is 13.6 Å². The van der Waals surface area contributed by atoms with Gasteiger partial charge < -0.3 is 4.57 Å². The molecule has 0 atom stereocenters. The van der Waals surface area contributed by atoms with Gasteiger partial charge in [0.15, 0.2) is 0 Å². The van der Waals surface area contributed by atoms with Crippen LogP contribution < -0.4 is 0 Å². The number of rotatable bonds is 2. The molecule has 0 spiro atoms. The van der Waals surface area contributed by atoms with Crippen LogP contribution in [0.25, 0.3) is 0 Å². The summed E-state index contributed by atoms with van der Waals surface area (Å²) in [6.07, 6.45) is 0.906. The molecule has 3 nitrogen and oxygen atoms in total. The fourth-order valence-corrected chi connectivity index (χ4v) is 2.98. The van der Waals surface area contributed by atoms with Gasteiger partial charge in [-0.25, -0.2) is 4.98 Å². The molecule has 0 N–H and O–H groups in total. The molecule has 0 radical (unpaired) electrons. The van der Waals surface area contributed by atoms with E-state index in [-0.39, 0.29) is 0 Å². The van der Waals surface area contributed by atoms with Crippen LogP contribution >= 0.6 is 15.9 Å². The third-order valence-corrected chi connectivity index (χ3v) is 4.07. The van der Waals surface area contributed by atoms with Gasteiger partial charge in [-0.2, -0.15) is 0 Å². The first kappa shape index (κ1) is 11.9. The molecule has 0 fully saturated rings. The standard InChI is InChI=1S/C14H16BrN3/c1-17-7-8-18-12(10-17)14(15)16-13(18)9-11-5-3-2-4-6-11/h2-6H,7-10H2,1H3. The van der Waals surface area contributed by atoms with Crippen LogP contribution in [0.2, 0.25) is 0 Å². The van der Waals surface area contributed by atoms with Crippen LogP contribution in [0.5, 0.6) is 0 Å². The lowest BCUT2D eigenvalue weighted by molar-refractivity contribution is 0.267. The number of likely N-dealkylation sites (N-methyl/N-ethyl adjacent to an activating group) is 1. The number of imidazole rings is 1. The molecule has 1 aliphatic rings. The Hall–Kier alpha value is -1.13. The molecule has 1 aliphatic heterocycles. The number of fused-ring (bicyclic) bond motifs is 1. The summed E-state index contributed by atoms with van der Waals surface area (Å²) in [5.41, 5.74) is 2.62. The maximum absolute atomic E-state index is 4.67. The number of aromatic nitrogens is 2. The van der Waals surface area contributed by atoms with Crippen molar-refractivity contribution in [1.29, 1.82) is 0 Å². The van der Waals surface area contributed by atoms with E-state index >= 15 is 0 Å². The molecule has 0 bridgehead atoms. The Bertz CT molecular complexity index is 548. The molecule has 0 amide bonds. The van der Waals surface area contributed by atoms with Crippen molar-refractivity contribution >= 4 is 15.9 Å². The largest absolute Gasteiger partial charge is 0.328 e. The van der Waals surface area contributed by atoms with E-state index in [2.05, 4.69) is 67.8 Å². The van der Waals surface area contributed by atoms with Gasteiger partial charge in [-0.3, -0.25) is 4.90 Å². The minimum atomic E-state index is 0.906. The molecule has 3 rings (SSSR count). The molecule has 4 heteroatoms. The zero-order chi connectivity index (χ0) is 12.5. The normalized spacial score (nSPS) is 15.7. The predicted molar refractivity (Wildman–Crippen MR) is 75.5 cm³/mol. The molecule has 18 heavy (non-hydrogen) atoms. The Morgan fingerprint density at radius 3 is 2.78 bits per heavy atom. The van der Waals surface area contributed by atoms with Gasteiger partial charge in [0.25, 0.3) is 0 Å². The lowest BCUT2D eigenvalue weighted by Crippen LogP contribution is -2.31. The van der Waals surface area contributed by atoms with Crippen molar-refractivity contribution in [3.8, 4) is 0 Å². The second kappa shape index (κ2) is 4.86. The van der Waals surface area contributed by atoms with Crippen LogP contribution in [0.1, 0.15) is 17.1 Å². The number of hydrogen-bond acceptors (Lipinski definition) is 2. The van der Waals surface area contributed by atoms with Crippen LogP contribution in [0.4, 0.5) is 0 Å². The summed E-state index contributed by atoms with van der Waals surface area (Å²) in [4.78, 5) is 7.00. The molecule has 2 heterocycles. The minimum absolute atomic E-state index is 0.906. The van der Waals surface area contributed by atoms with Gasteiger partial charge in [0.05, 0.1) is 5.69 Å². The third-order valence-electron chi connectivity index (χ3n) is 3.43. The molecule has 1 aromatic carbocycles. The number of nitrogens with zero attached hydrogens (tertiary/aromatic N) is 3. The summed E-state index contributed by atoms with van der Waals surface area (Å²) in [5.74, 6) is 1.16. The second-order valence-corrected chi connectivity index (χ2v) is 5.57. The Morgan fingerprint density at radius 2 is 2.00 bits per heavy atom. The molecule has 94 valence electrons. The van der Waals surface area contributed by atoms with Crippen LogP contribution in [0.3, 0.4) is 0 Å². The quantitative estimate of drug-likeness (QED) is 0.850. The van der Waals surface area contributed by atoms with E-state index in [0.29, 0.717) is 0 Å². The Balaban J connectivity index is 1.92. The van der Waals surface area contributed by atoms with Crippen molar-refractivity contribution in [3.05, 3.63) is 52.0 Å². The van der Waals surface area contributed by atoms with Crippen LogP contribution in [0, 0.1) is 0 Å². The van der Waals surface area contributed by atoms with Gasteiger partial charge in [-0.05, 0) is 28.5 Å². The zero-order valence-electron chi connectivity index (χ0n) is 10.4. The lowest BCUT2D eigenvalue weighted by atomic mass is 10.1. The van der Waals surface area contributed by atoms with Gasteiger partial charge >= 0.3 is 0 Å². The second-order valence-electron chi connectivity index (χ2n) is 4.82. The Morgan fingerprint density at radius 1 is 1.22 bits per heavy atom.